The van der Waals surface area contributed by atoms with E-state index in [0.717, 1.165) is 24.3 Å². The first-order valence-corrected chi connectivity index (χ1v) is 5.95. The Bertz CT molecular complexity index is 486. The average molecular weight is 222 g/mol. The van der Waals surface area contributed by atoms with Crippen molar-refractivity contribution in [2.75, 3.05) is 0 Å². The van der Waals surface area contributed by atoms with E-state index in [0.29, 0.717) is 5.92 Å². The zero-order valence-corrected chi connectivity index (χ0v) is 9.60. The van der Waals surface area contributed by atoms with Gasteiger partial charge in [0.05, 0.1) is 0 Å². The van der Waals surface area contributed by atoms with Crippen LogP contribution in [0.1, 0.15) is 24.3 Å². The van der Waals surface area contributed by atoms with Crippen LogP contribution >= 0.6 is 0 Å². The minimum atomic E-state index is 0.648. The Morgan fingerprint density at radius 1 is 0.882 bits per heavy atom. The zero-order valence-electron chi connectivity index (χ0n) is 9.60. The van der Waals surface area contributed by atoms with E-state index in [1.54, 1.807) is 0 Å². The van der Waals surface area contributed by atoms with Gasteiger partial charge in [0.1, 0.15) is 11.5 Å². The monoisotopic (exact) mass is 222 g/mol. The number of rotatable bonds is 3. The molecule has 0 spiro atoms. The predicted octanol–water partition coefficient (Wildman–Crippen LogP) is 4.44. The molecule has 2 aromatic carbocycles. The zero-order chi connectivity index (χ0) is 11.5. The molecule has 2 radical (unpaired) electrons. The Morgan fingerprint density at radius 3 is 2.35 bits per heavy atom. The summed E-state index contributed by atoms with van der Waals surface area (Å²) in [6.45, 7) is 0. The van der Waals surface area contributed by atoms with Crippen molar-refractivity contribution in [3.05, 3.63) is 66.6 Å². The van der Waals surface area contributed by atoms with Crippen LogP contribution in [-0.2, 0) is 0 Å². The van der Waals surface area contributed by atoms with E-state index < -0.39 is 0 Å². The molecule has 17 heavy (non-hydrogen) atoms. The first-order valence-electron chi connectivity index (χ1n) is 5.95. The van der Waals surface area contributed by atoms with Gasteiger partial charge in [0.2, 0.25) is 0 Å². The van der Waals surface area contributed by atoms with Crippen LogP contribution in [0.4, 0.5) is 0 Å². The number of ether oxygens (including phenoxy) is 1. The van der Waals surface area contributed by atoms with E-state index in [1.807, 2.05) is 36.4 Å². The molecule has 0 amide bonds. The van der Waals surface area contributed by atoms with Crippen molar-refractivity contribution < 1.29 is 4.74 Å². The average Bonchev–Trinajstić information content (AvgIpc) is 2.28. The molecule has 1 aliphatic carbocycles. The van der Waals surface area contributed by atoms with Gasteiger partial charge in [-0.05, 0) is 55.0 Å². The van der Waals surface area contributed by atoms with Crippen LogP contribution in [0.15, 0.2) is 54.6 Å². The lowest BCUT2D eigenvalue weighted by molar-refractivity contribution is 0.477. The molecule has 0 atom stereocenters. The molecule has 0 aromatic heterocycles. The first kappa shape index (κ1) is 10.4. The van der Waals surface area contributed by atoms with Crippen LogP contribution < -0.4 is 4.74 Å². The molecule has 0 bridgehead atoms. The minimum Gasteiger partial charge on any atom is -0.457 e. The molecule has 0 unspecified atom stereocenters. The first-order chi connectivity index (χ1) is 8.42. The van der Waals surface area contributed by atoms with Crippen LogP contribution in [0.5, 0.6) is 11.5 Å². The summed E-state index contributed by atoms with van der Waals surface area (Å²) in [6.07, 6.45) is 5.44. The summed E-state index contributed by atoms with van der Waals surface area (Å²) in [7, 11) is 0. The van der Waals surface area contributed by atoms with E-state index in [4.69, 9.17) is 4.74 Å². The van der Waals surface area contributed by atoms with Crippen LogP contribution in [0.3, 0.4) is 0 Å². The minimum absolute atomic E-state index is 0.648. The van der Waals surface area contributed by atoms with E-state index in [2.05, 4.69) is 24.6 Å². The lowest BCUT2D eigenvalue weighted by atomic mass is 9.80. The molecular weight excluding hydrogens is 208 g/mol. The molecule has 0 aliphatic heterocycles. The van der Waals surface area contributed by atoms with Crippen molar-refractivity contribution in [1.29, 1.82) is 0 Å². The Kier molecular flexibility index (Phi) is 2.83. The quantitative estimate of drug-likeness (QED) is 0.746. The fraction of sp³-hybridized carbons (Fsp3) is 0.188. The van der Waals surface area contributed by atoms with Crippen molar-refractivity contribution in [2.24, 2.45) is 0 Å². The normalized spacial score (nSPS) is 15.3. The third-order valence-electron chi connectivity index (χ3n) is 3.09. The lowest BCUT2D eigenvalue weighted by Crippen LogP contribution is -2.09. The smallest absolute Gasteiger partial charge is 0.127 e. The summed E-state index contributed by atoms with van der Waals surface area (Å²) in [5.41, 5.74) is 1.36. The second kappa shape index (κ2) is 4.62. The molecule has 1 nitrogen and oxygen atoms in total. The van der Waals surface area contributed by atoms with Crippen molar-refractivity contribution >= 4 is 0 Å². The number of para-hydroxylation sites is 1. The number of hydrogen-bond acceptors (Lipinski definition) is 1. The molecular formula is C16H14O. The molecule has 1 saturated carbocycles. The maximum absolute atomic E-state index is 5.82. The maximum atomic E-state index is 5.82. The van der Waals surface area contributed by atoms with Gasteiger partial charge in [-0.3, -0.25) is 0 Å². The highest BCUT2D eigenvalue weighted by Gasteiger charge is 2.20. The Morgan fingerprint density at radius 2 is 1.65 bits per heavy atom. The van der Waals surface area contributed by atoms with Crippen LogP contribution in [0.25, 0.3) is 0 Å². The second-order valence-electron chi connectivity index (χ2n) is 4.34. The summed E-state index contributed by atoms with van der Waals surface area (Å²) < 4.78 is 5.82. The summed E-state index contributed by atoms with van der Waals surface area (Å²) in [4.78, 5) is 0. The van der Waals surface area contributed by atoms with Gasteiger partial charge in [-0.25, -0.2) is 0 Å². The SMILES string of the molecule is [C]1CC(c2cccc(Oc3ccccc3)c2)C1. The predicted molar refractivity (Wildman–Crippen MR) is 68.2 cm³/mol. The fourth-order valence-electron chi connectivity index (χ4n) is 1.98. The van der Waals surface area contributed by atoms with E-state index in [9.17, 15) is 0 Å². The Labute approximate surface area is 102 Å². The summed E-state index contributed by atoms with van der Waals surface area (Å²) in [5, 5.41) is 0. The van der Waals surface area contributed by atoms with Crippen molar-refractivity contribution in [3.63, 3.8) is 0 Å². The molecule has 0 saturated heterocycles. The van der Waals surface area contributed by atoms with Crippen LogP contribution in [0, 0.1) is 6.42 Å². The van der Waals surface area contributed by atoms with Gasteiger partial charge in [0, 0.05) is 0 Å². The topological polar surface area (TPSA) is 9.23 Å². The highest BCUT2D eigenvalue weighted by molar-refractivity contribution is 5.36. The summed E-state index contributed by atoms with van der Waals surface area (Å²) in [6, 6.07) is 18.3. The maximum Gasteiger partial charge on any atom is 0.127 e. The largest absolute Gasteiger partial charge is 0.457 e. The summed E-state index contributed by atoms with van der Waals surface area (Å²) in [5.74, 6) is 2.45. The second-order valence-corrected chi connectivity index (χ2v) is 4.34. The molecule has 0 N–H and O–H groups in total. The third-order valence-corrected chi connectivity index (χ3v) is 3.09. The van der Waals surface area contributed by atoms with Crippen LogP contribution in [-0.4, -0.2) is 0 Å². The van der Waals surface area contributed by atoms with Gasteiger partial charge in [0.25, 0.3) is 0 Å². The summed E-state index contributed by atoms with van der Waals surface area (Å²) >= 11 is 0. The standard InChI is InChI=1S/C16H14O/c1-2-9-15(10-3-1)17-16-11-5-8-14(12-16)13-6-4-7-13/h1-3,5,8-13H,6-7H2. The van der Waals surface area contributed by atoms with Crippen molar-refractivity contribution in [2.45, 2.75) is 18.8 Å². The molecule has 2 aromatic rings. The molecule has 1 heteroatoms. The molecule has 0 heterocycles. The highest BCUT2D eigenvalue weighted by atomic mass is 16.5. The van der Waals surface area contributed by atoms with Gasteiger partial charge >= 0.3 is 0 Å². The van der Waals surface area contributed by atoms with Gasteiger partial charge in [0.15, 0.2) is 0 Å². The molecule has 1 aliphatic rings. The highest BCUT2D eigenvalue weighted by Crippen LogP contribution is 2.37. The Hall–Kier alpha value is -1.76. The molecule has 84 valence electrons. The van der Waals surface area contributed by atoms with E-state index >= 15 is 0 Å². The van der Waals surface area contributed by atoms with Crippen LogP contribution in [0.2, 0.25) is 0 Å². The van der Waals surface area contributed by atoms with Gasteiger partial charge in [-0.1, -0.05) is 30.3 Å². The number of hydrogen-bond donors (Lipinski definition) is 0. The van der Waals surface area contributed by atoms with E-state index in [-0.39, 0.29) is 0 Å². The molecule has 1 fully saturated rings. The van der Waals surface area contributed by atoms with Gasteiger partial charge in [-0.2, -0.15) is 0 Å². The lowest BCUT2D eigenvalue weighted by Gasteiger charge is -2.25. The fourth-order valence-corrected chi connectivity index (χ4v) is 1.98. The van der Waals surface area contributed by atoms with Crippen molar-refractivity contribution in [3.8, 4) is 11.5 Å². The molecule has 3 rings (SSSR count). The van der Waals surface area contributed by atoms with Gasteiger partial charge < -0.3 is 4.74 Å². The number of benzene rings is 2. The third kappa shape index (κ3) is 2.33. The van der Waals surface area contributed by atoms with Crippen molar-refractivity contribution in [1.82, 2.24) is 0 Å². The van der Waals surface area contributed by atoms with E-state index in [1.165, 1.54) is 5.56 Å². The van der Waals surface area contributed by atoms with Gasteiger partial charge in [-0.15, -0.1) is 0 Å². The Balaban J connectivity index is 1.79.